The lowest BCUT2D eigenvalue weighted by Gasteiger charge is -2.07. The highest BCUT2D eigenvalue weighted by atomic mass is 16.5. The van der Waals surface area contributed by atoms with Crippen molar-refractivity contribution in [2.24, 2.45) is 14.1 Å². The van der Waals surface area contributed by atoms with Gasteiger partial charge in [0.1, 0.15) is 12.4 Å². The third-order valence-electron chi connectivity index (χ3n) is 3.09. The van der Waals surface area contributed by atoms with Crippen LogP contribution < -0.4 is 10.4 Å². The van der Waals surface area contributed by atoms with Crippen molar-refractivity contribution < 1.29 is 9.47 Å². The zero-order valence-corrected chi connectivity index (χ0v) is 11.7. The number of nitrogens with zero attached hydrogens (tertiary/aromatic N) is 2. The van der Waals surface area contributed by atoms with E-state index in [1.807, 2.05) is 18.2 Å². The first-order valence-electron chi connectivity index (χ1n) is 6.51. The first kappa shape index (κ1) is 13.7. The van der Waals surface area contributed by atoms with Gasteiger partial charge in [-0.1, -0.05) is 6.92 Å². The first-order chi connectivity index (χ1) is 9.15. The van der Waals surface area contributed by atoms with E-state index in [4.69, 9.17) is 9.47 Å². The molecule has 1 heterocycles. The molecule has 0 bridgehead atoms. The number of aromatic nitrogens is 2. The minimum absolute atomic E-state index is 0.0292. The lowest BCUT2D eigenvalue weighted by Crippen LogP contribution is -2.19. The number of rotatable bonds is 6. The van der Waals surface area contributed by atoms with Crippen LogP contribution in [0.1, 0.15) is 13.3 Å². The van der Waals surface area contributed by atoms with Crippen LogP contribution in [-0.4, -0.2) is 29.0 Å². The van der Waals surface area contributed by atoms with Crippen LogP contribution in [0.4, 0.5) is 0 Å². The molecule has 2 rings (SSSR count). The zero-order valence-electron chi connectivity index (χ0n) is 11.7. The predicted octanol–water partition coefficient (Wildman–Crippen LogP) is 1.68. The molecule has 0 saturated carbocycles. The van der Waals surface area contributed by atoms with Gasteiger partial charge in [0.25, 0.3) is 0 Å². The van der Waals surface area contributed by atoms with Gasteiger partial charge < -0.3 is 9.47 Å². The van der Waals surface area contributed by atoms with Gasteiger partial charge in [-0.3, -0.25) is 9.13 Å². The SMILES string of the molecule is CCCOCCOc1ccc2c(c1)n(C)c(=O)n2C. The van der Waals surface area contributed by atoms with Gasteiger partial charge in [-0.05, 0) is 18.6 Å². The number of imidazole rings is 1. The van der Waals surface area contributed by atoms with Crippen molar-refractivity contribution in [1.82, 2.24) is 9.13 Å². The molecular weight excluding hydrogens is 244 g/mol. The van der Waals surface area contributed by atoms with Crippen LogP contribution in [-0.2, 0) is 18.8 Å². The van der Waals surface area contributed by atoms with Gasteiger partial charge in [-0.2, -0.15) is 0 Å². The maximum atomic E-state index is 11.8. The number of benzene rings is 1. The Bertz CT molecular complexity index is 613. The summed E-state index contributed by atoms with van der Waals surface area (Å²) in [6.45, 7) is 3.94. The fourth-order valence-electron chi connectivity index (χ4n) is 2.04. The molecule has 0 saturated heterocycles. The normalized spacial score (nSPS) is 11.1. The summed E-state index contributed by atoms with van der Waals surface area (Å²) in [5.41, 5.74) is 1.75. The predicted molar refractivity (Wildman–Crippen MR) is 74.8 cm³/mol. The molecule has 2 aromatic rings. The van der Waals surface area contributed by atoms with Crippen molar-refractivity contribution in [2.45, 2.75) is 13.3 Å². The average molecular weight is 264 g/mol. The van der Waals surface area contributed by atoms with E-state index in [9.17, 15) is 4.79 Å². The molecule has 104 valence electrons. The van der Waals surface area contributed by atoms with Crippen LogP contribution in [0.15, 0.2) is 23.0 Å². The molecule has 1 aromatic heterocycles. The number of fused-ring (bicyclic) bond motifs is 1. The first-order valence-corrected chi connectivity index (χ1v) is 6.51. The van der Waals surface area contributed by atoms with Crippen molar-refractivity contribution in [3.63, 3.8) is 0 Å². The molecule has 0 aliphatic carbocycles. The molecule has 0 radical (unpaired) electrons. The Hall–Kier alpha value is -1.75. The maximum Gasteiger partial charge on any atom is 0.328 e. The van der Waals surface area contributed by atoms with Crippen LogP contribution in [0.25, 0.3) is 11.0 Å². The fourth-order valence-corrected chi connectivity index (χ4v) is 2.04. The second-order valence-electron chi connectivity index (χ2n) is 4.51. The summed E-state index contributed by atoms with van der Waals surface area (Å²) in [7, 11) is 3.53. The van der Waals surface area contributed by atoms with Gasteiger partial charge >= 0.3 is 5.69 Å². The number of hydrogen-bond acceptors (Lipinski definition) is 3. The minimum atomic E-state index is -0.0292. The quantitative estimate of drug-likeness (QED) is 0.746. The molecule has 19 heavy (non-hydrogen) atoms. The molecular formula is C14H20N2O3. The molecule has 0 fully saturated rings. The molecule has 0 amide bonds. The van der Waals surface area contributed by atoms with Gasteiger partial charge in [0, 0.05) is 26.8 Å². The lowest BCUT2D eigenvalue weighted by atomic mass is 10.3. The lowest BCUT2D eigenvalue weighted by molar-refractivity contribution is 0.101. The van der Waals surface area contributed by atoms with Crippen LogP contribution in [0.3, 0.4) is 0 Å². The van der Waals surface area contributed by atoms with E-state index in [-0.39, 0.29) is 5.69 Å². The minimum Gasteiger partial charge on any atom is -0.491 e. The van der Waals surface area contributed by atoms with Gasteiger partial charge in [-0.15, -0.1) is 0 Å². The van der Waals surface area contributed by atoms with Gasteiger partial charge in [0.2, 0.25) is 0 Å². The summed E-state index contributed by atoms with van der Waals surface area (Å²) in [4.78, 5) is 11.8. The van der Waals surface area contributed by atoms with E-state index in [2.05, 4.69) is 6.92 Å². The molecule has 0 atom stereocenters. The highest BCUT2D eigenvalue weighted by Gasteiger charge is 2.08. The Kier molecular flexibility index (Phi) is 4.27. The summed E-state index contributed by atoms with van der Waals surface area (Å²) in [6.07, 6.45) is 1.01. The van der Waals surface area contributed by atoms with E-state index in [0.29, 0.717) is 13.2 Å². The molecule has 0 aliphatic heterocycles. The van der Waals surface area contributed by atoms with Crippen molar-refractivity contribution in [2.75, 3.05) is 19.8 Å². The van der Waals surface area contributed by atoms with Gasteiger partial charge in [0.15, 0.2) is 0 Å². The monoisotopic (exact) mass is 264 g/mol. The maximum absolute atomic E-state index is 11.8. The Balaban J connectivity index is 2.09. The van der Waals surface area contributed by atoms with Crippen molar-refractivity contribution in [1.29, 1.82) is 0 Å². The van der Waals surface area contributed by atoms with Crippen LogP contribution in [0.5, 0.6) is 5.75 Å². The van der Waals surface area contributed by atoms with Crippen molar-refractivity contribution >= 4 is 11.0 Å². The number of ether oxygens (including phenoxy) is 2. The van der Waals surface area contributed by atoms with Crippen LogP contribution in [0.2, 0.25) is 0 Å². The fraction of sp³-hybridized carbons (Fsp3) is 0.500. The van der Waals surface area contributed by atoms with Crippen LogP contribution in [0, 0.1) is 0 Å². The highest BCUT2D eigenvalue weighted by Crippen LogP contribution is 2.19. The Morgan fingerprint density at radius 1 is 1.05 bits per heavy atom. The van der Waals surface area contributed by atoms with Crippen LogP contribution >= 0.6 is 0 Å². The molecule has 0 unspecified atom stereocenters. The molecule has 1 aromatic carbocycles. The van der Waals surface area contributed by atoms with Crippen molar-refractivity contribution in [3.05, 3.63) is 28.7 Å². The third kappa shape index (κ3) is 2.81. The number of aryl methyl sites for hydroxylation is 2. The van der Waals surface area contributed by atoms with E-state index in [0.717, 1.165) is 29.8 Å². The summed E-state index contributed by atoms with van der Waals surface area (Å²) in [5.74, 6) is 0.758. The van der Waals surface area contributed by atoms with E-state index in [1.54, 1.807) is 23.2 Å². The molecule has 0 aliphatic rings. The average Bonchev–Trinajstić information content (AvgIpc) is 2.64. The molecule has 5 heteroatoms. The summed E-state index contributed by atoms with van der Waals surface area (Å²) >= 11 is 0. The largest absolute Gasteiger partial charge is 0.491 e. The van der Waals surface area contributed by atoms with Gasteiger partial charge in [0.05, 0.1) is 17.6 Å². The van der Waals surface area contributed by atoms with E-state index < -0.39 is 0 Å². The Morgan fingerprint density at radius 3 is 2.53 bits per heavy atom. The number of hydrogen-bond donors (Lipinski definition) is 0. The van der Waals surface area contributed by atoms with Crippen molar-refractivity contribution in [3.8, 4) is 5.75 Å². The summed E-state index contributed by atoms with van der Waals surface area (Å²) in [5, 5.41) is 0. The topological polar surface area (TPSA) is 45.4 Å². The summed E-state index contributed by atoms with van der Waals surface area (Å²) < 4.78 is 14.2. The smallest absolute Gasteiger partial charge is 0.328 e. The Labute approximate surface area is 112 Å². The van der Waals surface area contributed by atoms with E-state index in [1.165, 1.54) is 0 Å². The second kappa shape index (κ2) is 5.93. The highest BCUT2D eigenvalue weighted by molar-refractivity contribution is 5.77. The van der Waals surface area contributed by atoms with E-state index >= 15 is 0 Å². The standard InChI is InChI=1S/C14H20N2O3/c1-4-7-18-8-9-19-11-5-6-12-13(10-11)16(3)14(17)15(12)2/h5-6,10H,4,7-9H2,1-3H3. The molecule has 0 N–H and O–H groups in total. The molecule has 0 spiro atoms. The van der Waals surface area contributed by atoms with Gasteiger partial charge in [-0.25, -0.2) is 4.79 Å². The Morgan fingerprint density at radius 2 is 1.79 bits per heavy atom. The summed E-state index contributed by atoms with van der Waals surface area (Å²) in [6, 6.07) is 5.66. The second-order valence-corrected chi connectivity index (χ2v) is 4.51. The zero-order chi connectivity index (χ0) is 13.8. The third-order valence-corrected chi connectivity index (χ3v) is 3.09. The molecule has 5 nitrogen and oxygen atoms in total.